The van der Waals surface area contributed by atoms with Crippen molar-refractivity contribution in [3.63, 3.8) is 0 Å². The summed E-state index contributed by atoms with van der Waals surface area (Å²) in [6, 6.07) is 12.9. The minimum absolute atomic E-state index is 0.0120. The van der Waals surface area contributed by atoms with Gasteiger partial charge in [-0.2, -0.15) is 5.10 Å². The Bertz CT molecular complexity index is 783. The maximum Gasteiger partial charge on any atom is 0.271 e. The molecule has 1 amide bonds. The van der Waals surface area contributed by atoms with Gasteiger partial charge in [0, 0.05) is 17.2 Å². The number of nitrogens with zero attached hydrogens (tertiary/aromatic N) is 1. The van der Waals surface area contributed by atoms with Crippen LogP contribution in [0.5, 0.6) is 11.5 Å². The summed E-state index contributed by atoms with van der Waals surface area (Å²) in [5.74, 6) is 1.15. The molecule has 2 aromatic rings. The third-order valence-electron chi connectivity index (χ3n) is 3.48. The van der Waals surface area contributed by atoms with Gasteiger partial charge >= 0.3 is 0 Å². The third-order valence-corrected chi connectivity index (χ3v) is 3.48. The summed E-state index contributed by atoms with van der Waals surface area (Å²) >= 11 is 0. The number of aryl methyl sites for hydroxylation is 1. The van der Waals surface area contributed by atoms with E-state index in [0.717, 1.165) is 16.9 Å². The summed E-state index contributed by atoms with van der Waals surface area (Å²) in [4.78, 5) is 12.2. The van der Waals surface area contributed by atoms with E-state index in [9.17, 15) is 4.79 Å². The fourth-order valence-electron chi connectivity index (χ4n) is 2.37. The van der Waals surface area contributed by atoms with Crippen molar-refractivity contribution in [3.8, 4) is 11.5 Å². The quantitative estimate of drug-likeness (QED) is 0.594. The van der Waals surface area contributed by atoms with Crippen LogP contribution in [-0.4, -0.2) is 24.3 Å². The number of hydrazone groups is 1. The highest BCUT2D eigenvalue weighted by Gasteiger charge is 2.09. The Morgan fingerprint density at radius 3 is 2.38 bits per heavy atom. The number of ether oxygens (including phenoxy) is 2. The maximum atomic E-state index is 12.2. The zero-order chi connectivity index (χ0) is 19.1. The van der Waals surface area contributed by atoms with Gasteiger partial charge in [-0.3, -0.25) is 4.79 Å². The molecule has 0 atom stereocenters. The molecule has 5 heteroatoms. The fraction of sp³-hybridized carbons (Fsp3) is 0.333. The van der Waals surface area contributed by atoms with Crippen molar-refractivity contribution in [2.45, 2.75) is 46.8 Å². The van der Waals surface area contributed by atoms with Gasteiger partial charge in [0.1, 0.15) is 11.5 Å². The van der Waals surface area contributed by atoms with Crippen molar-refractivity contribution >= 4 is 12.1 Å². The van der Waals surface area contributed by atoms with Crippen molar-refractivity contribution < 1.29 is 14.3 Å². The zero-order valence-corrected chi connectivity index (χ0v) is 15.9. The molecule has 0 aliphatic rings. The minimum Gasteiger partial charge on any atom is -0.491 e. The molecule has 0 aromatic heterocycles. The van der Waals surface area contributed by atoms with Crippen LogP contribution in [-0.2, 0) is 0 Å². The normalized spacial score (nSPS) is 11.2. The molecule has 5 nitrogen and oxygen atoms in total. The Morgan fingerprint density at radius 1 is 1.04 bits per heavy atom. The minimum atomic E-state index is -0.245. The molecule has 0 saturated carbocycles. The monoisotopic (exact) mass is 354 g/mol. The highest BCUT2D eigenvalue weighted by Crippen LogP contribution is 2.25. The van der Waals surface area contributed by atoms with E-state index in [1.807, 2.05) is 71.0 Å². The number of rotatable bonds is 7. The predicted octanol–water partition coefficient (Wildman–Crippen LogP) is 4.33. The van der Waals surface area contributed by atoms with Crippen LogP contribution in [0.2, 0.25) is 0 Å². The molecule has 0 fully saturated rings. The Labute approximate surface area is 155 Å². The second kappa shape index (κ2) is 9.04. The number of amides is 1. The molecule has 1 N–H and O–H groups in total. The van der Waals surface area contributed by atoms with E-state index in [0.29, 0.717) is 11.3 Å². The number of hydrogen-bond donors (Lipinski definition) is 1. The van der Waals surface area contributed by atoms with Crippen LogP contribution in [0.15, 0.2) is 47.6 Å². The standard InChI is InChI=1S/C21H26N2O3/c1-14(2)25-18-11-10-17(20(12-18)26-15(3)4)13-22-23-21(24)19-9-7-6-8-16(19)5/h6-15H,1-5H3,(H,23,24)/b22-13+. The van der Waals surface area contributed by atoms with Crippen molar-refractivity contribution in [1.29, 1.82) is 0 Å². The van der Waals surface area contributed by atoms with Gasteiger partial charge in [0.25, 0.3) is 5.91 Å². The Hall–Kier alpha value is -2.82. The smallest absolute Gasteiger partial charge is 0.271 e. The van der Waals surface area contributed by atoms with Gasteiger partial charge in [-0.1, -0.05) is 18.2 Å². The van der Waals surface area contributed by atoms with Gasteiger partial charge in [0.05, 0.1) is 18.4 Å². The molecule has 0 aliphatic carbocycles. The number of carbonyl (C=O) groups excluding carboxylic acids is 1. The van der Waals surface area contributed by atoms with Gasteiger partial charge in [0.2, 0.25) is 0 Å². The van der Waals surface area contributed by atoms with Crippen LogP contribution >= 0.6 is 0 Å². The second-order valence-corrected chi connectivity index (χ2v) is 6.55. The van der Waals surface area contributed by atoms with E-state index >= 15 is 0 Å². The topological polar surface area (TPSA) is 59.9 Å². The SMILES string of the molecule is Cc1ccccc1C(=O)N/N=C/c1ccc(OC(C)C)cc1OC(C)C. The highest BCUT2D eigenvalue weighted by atomic mass is 16.5. The summed E-state index contributed by atoms with van der Waals surface area (Å²) in [6.07, 6.45) is 1.67. The summed E-state index contributed by atoms with van der Waals surface area (Å²) in [7, 11) is 0. The first-order valence-corrected chi connectivity index (χ1v) is 8.73. The summed E-state index contributed by atoms with van der Waals surface area (Å²) in [5, 5.41) is 4.07. The first kappa shape index (κ1) is 19.5. The van der Waals surface area contributed by atoms with E-state index < -0.39 is 0 Å². The maximum absolute atomic E-state index is 12.2. The molecule has 0 saturated heterocycles. The van der Waals surface area contributed by atoms with Crippen molar-refractivity contribution in [2.24, 2.45) is 5.10 Å². The lowest BCUT2D eigenvalue weighted by Crippen LogP contribution is -2.18. The van der Waals surface area contributed by atoms with E-state index in [4.69, 9.17) is 9.47 Å². The molecule has 0 unspecified atom stereocenters. The van der Waals surface area contributed by atoms with Crippen molar-refractivity contribution in [3.05, 3.63) is 59.2 Å². The third kappa shape index (κ3) is 5.62. The number of carbonyl (C=O) groups is 1. The molecule has 0 radical (unpaired) electrons. The highest BCUT2D eigenvalue weighted by molar-refractivity contribution is 5.96. The van der Waals surface area contributed by atoms with Gasteiger partial charge in [0.15, 0.2) is 0 Å². The van der Waals surface area contributed by atoms with Gasteiger partial charge < -0.3 is 9.47 Å². The molecular weight excluding hydrogens is 328 g/mol. The van der Waals surface area contributed by atoms with Gasteiger partial charge in [-0.15, -0.1) is 0 Å². The van der Waals surface area contributed by atoms with E-state index in [2.05, 4.69) is 10.5 Å². The number of nitrogens with one attached hydrogen (secondary N) is 1. The lowest BCUT2D eigenvalue weighted by molar-refractivity contribution is 0.0954. The molecule has 0 heterocycles. The largest absolute Gasteiger partial charge is 0.491 e. The Balaban J connectivity index is 2.15. The Kier molecular flexibility index (Phi) is 6.78. The molecule has 138 valence electrons. The molecule has 2 aromatic carbocycles. The van der Waals surface area contributed by atoms with E-state index in [-0.39, 0.29) is 18.1 Å². The molecule has 0 spiro atoms. The predicted molar refractivity (Wildman–Crippen MR) is 104 cm³/mol. The Morgan fingerprint density at radius 2 is 1.73 bits per heavy atom. The number of hydrogen-bond acceptors (Lipinski definition) is 4. The van der Waals surface area contributed by atoms with E-state index in [1.165, 1.54) is 0 Å². The van der Waals surface area contributed by atoms with Crippen LogP contribution in [0.4, 0.5) is 0 Å². The van der Waals surface area contributed by atoms with Crippen molar-refractivity contribution in [1.82, 2.24) is 5.43 Å². The molecule has 0 aliphatic heterocycles. The average molecular weight is 354 g/mol. The van der Waals surface area contributed by atoms with Gasteiger partial charge in [-0.25, -0.2) is 5.43 Å². The van der Waals surface area contributed by atoms with Crippen LogP contribution in [0.25, 0.3) is 0 Å². The first-order valence-electron chi connectivity index (χ1n) is 8.73. The molecule has 2 rings (SSSR count). The van der Waals surface area contributed by atoms with Crippen LogP contribution in [0, 0.1) is 6.92 Å². The fourth-order valence-corrected chi connectivity index (χ4v) is 2.37. The van der Waals surface area contributed by atoms with Crippen molar-refractivity contribution in [2.75, 3.05) is 0 Å². The average Bonchev–Trinajstić information content (AvgIpc) is 2.56. The summed E-state index contributed by atoms with van der Waals surface area (Å²) < 4.78 is 11.6. The molecule has 0 bridgehead atoms. The van der Waals surface area contributed by atoms with Gasteiger partial charge in [-0.05, 0) is 58.4 Å². The lowest BCUT2D eigenvalue weighted by Gasteiger charge is -2.15. The molecule has 26 heavy (non-hydrogen) atoms. The summed E-state index contributed by atoms with van der Waals surface area (Å²) in [5.41, 5.74) is 4.83. The second-order valence-electron chi connectivity index (χ2n) is 6.55. The molecular formula is C21H26N2O3. The summed E-state index contributed by atoms with van der Waals surface area (Å²) in [6.45, 7) is 9.74. The van der Waals surface area contributed by atoms with E-state index in [1.54, 1.807) is 12.3 Å². The first-order chi connectivity index (χ1) is 12.4. The van der Waals surface area contributed by atoms with Crippen LogP contribution in [0.3, 0.4) is 0 Å². The van der Waals surface area contributed by atoms with Crippen LogP contribution < -0.4 is 14.9 Å². The zero-order valence-electron chi connectivity index (χ0n) is 15.9. The number of benzene rings is 2. The van der Waals surface area contributed by atoms with Crippen LogP contribution in [0.1, 0.15) is 49.2 Å². The lowest BCUT2D eigenvalue weighted by atomic mass is 10.1.